The van der Waals surface area contributed by atoms with Crippen molar-refractivity contribution in [1.82, 2.24) is 9.55 Å². The summed E-state index contributed by atoms with van der Waals surface area (Å²) in [6.45, 7) is 0.274. The SMILES string of the molecule is COC(=O)c1c(C(F)(F)F)c(-c2cccnc2)n2c1C(O)CCC2. The predicted octanol–water partition coefficient (Wildman–Crippen LogP) is 3.18. The van der Waals surface area contributed by atoms with E-state index in [9.17, 15) is 23.1 Å². The molecular formula is C16H15F3N2O3. The molecule has 8 heteroatoms. The highest BCUT2D eigenvalue weighted by Gasteiger charge is 2.45. The van der Waals surface area contributed by atoms with Crippen molar-refractivity contribution in [3.63, 3.8) is 0 Å². The lowest BCUT2D eigenvalue weighted by Gasteiger charge is -2.23. The summed E-state index contributed by atoms with van der Waals surface area (Å²) in [4.78, 5) is 15.9. The van der Waals surface area contributed by atoms with Crippen molar-refractivity contribution in [2.24, 2.45) is 0 Å². The van der Waals surface area contributed by atoms with Crippen LogP contribution in [0.3, 0.4) is 0 Å². The maximum Gasteiger partial charge on any atom is 0.419 e. The third kappa shape index (κ3) is 2.56. The highest BCUT2D eigenvalue weighted by Crippen LogP contribution is 2.46. The highest BCUT2D eigenvalue weighted by molar-refractivity contribution is 5.96. The fourth-order valence-electron chi connectivity index (χ4n) is 3.18. The Hall–Kier alpha value is -2.35. The van der Waals surface area contributed by atoms with Crippen LogP contribution in [0.5, 0.6) is 0 Å². The zero-order chi connectivity index (χ0) is 17.5. The number of pyridine rings is 1. The van der Waals surface area contributed by atoms with Crippen LogP contribution in [0.15, 0.2) is 24.5 Å². The molecule has 128 valence electrons. The third-order valence-corrected chi connectivity index (χ3v) is 4.09. The van der Waals surface area contributed by atoms with Gasteiger partial charge in [-0.05, 0) is 25.0 Å². The Balaban J connectivity index is 2.42. The van der Waals surface area contributed by atoms with Gasteiger partial charge in [-0.1, -0.05) is 0 Å². The van der Waals surface area contributed by atoms with Gasteiger partial charge in [0.15, 0.2) is 0 Å². The van der Waals surface area contributed by atoms with E-state index in [1.54, 1.807) is 0 Å². The molecule has 1 atom stereocenters. The smallest absolute Gasteiger partial charge is 0.419 e. The highest BCUT2D eigenvalue weighted by atomic mass is 19.4. The van der Waals surface area contributed by atoms with Crippen molar-refractivity contribution < 1.29 is 27.8 Å². The zero-order valence-corrected chi connectivity index (χ0v) is 12.8. The molecular weight excluding hydrogens is 325 g/mol. The number of ether oxygens (including phenoxy) is 1. The molecule has 3 rings (SSSR count). The Morgan fingerprint density at radius 3 is 2.79 bits per heavy atom. The second-order valence-corrected chi connectivity index (χ2v) is 5.52. The average Bonchev–Trinajstić information content (AvgIpc) is 2.91. The van der Waals surface area contributed by atoms with Crippen LogP contribution < -0.4 is 0 Å². The summed E-state index contributed by atoms with van der Waals surface area (Å²) in [5, 5.41) is 10.2. The number of aromatic nitrogens is 2. The van der Waals surface area contributed by atoms with Crippen LogP contribution in [-0.2, 0) is 17.5 Å². The Bertz CT molecular complexity index is 769. The van der Waals surface area contributed by atoms with Crippen LogP contribution >= 0.6 is 0 Å². The average molecular weight is 340 g/mol. The molecule has 0 aliphatic carbocycles. The second kappa shape index (κ2) is 5.94. The van der Waals surface area contributed by atoms with Gasteiger partial charge in [0.2, 0.25) is 0 Å². The first-order valence-corrected chi connectivity index (χ1v) is 7.36. The van der Waals surface area contributed by atoms with Gasteiger partial charge >= 0.3 is 12.1 Å². The number of aliphatic hydroxyl groups is 1. The molecule has 0 amide bonds. The summed E-state index contributed by atoms with van der Waals surface area (Å²) in [5.74, 6) is -1.11. The number of alkyl halides is 3. The molecule has 5 nitrogen and oxygen atoms in total. The van der Waals surface area contributed by atoms with Gasteiger partial charge in [-0.25, -0.2) is 4.79 Å². The Kier molecular flexibility index (Phi) is 4.08. The lowest BCUT2D eigenvalue weighted by atomic mass is 10.0. The van der Waals surface area contributed by atoms with Gasteiger partial charge in [-0.3, -0.25) is 4.98 Å². The number of rotatable bonds is 2. The van der Waals surface area contributed by atoms with Crippen LogP contribution in [0, 0.1) is 0 Å². The van der Waals surface area contributed by atoms with E-state index >= 15 is 0 Å². The minimum Gasteiger partial charge on any atom is -0.465 e. The molecule has 2 aromatic rings. The molecule has 1 aliphatic rings. The molecule has 1 unspecified atom stereocenters. The van der Waals surface area contributed by atoms with Gasteiger partial charge in [-0.2, -0.15) is 13.2 Å². The number of hydrogen-bond donors (Lipinski definition) is 1. The summed E-state index contributed by atoms with van der Waals surface area (Å²) in [6, 6.07) is 3.01. The maximum atomic E-state index is 13.8. The van der Waals surface area contributed by atoms with Gasteiger partial charge in [0.1, 0.15) is 0 Å². The Morgan fingerprint density at radius 2 is 2.21 bits per heavy atom. The monoisotopic (exact) mass is 340 g/mol. The number of aliphatic hydroxyl groups excluding tert-OH is 1. The number of halogens is 3. The minimum atomic E-state index is -4.78. The van der Waals surface area contributed by atoms with Crippen LogP contribution in [0.25, 0.3) is 11.3 Å². The van der Waals surface area contributed by atoms with E-state index in [1.165, 1.54) is 29.1 Å². The molecule has 1 N–H and O–H groups in total. The first-order valence-electron chi connectivity index (χ1n) is 7.36. The van der Waals surface area contributed by atoms with Crippen molar-refractivity contribution in [3.05, 3.63) is 41.3 Å². The molecule has 0 bridgehead atoms. The maximum absolute atomic E-state index is 13.8. The summed E-state index contributed by atoms with van der Waals surface area (Å²) in [7, 11) is 1.02. The number of carbonyl (C=O) groups excluding carboxylic acids is 1. The summed E-state index contributed by atoms with van der Waals surface area (Å²) in [5.41, 5.74) is -1.67. The Morgan fingerprint density at radius 1 is 1.46 bits per heavy atom. The van der Waals surface area contributed by atoms with E-state index in [0.717, 1.165) is 7.11 Å². The van der Waals surface area contributed by atoms with Crippen LogP contribution in [0.4, 0.5) is 13.2 Å². The van der Waals surface area contributed by atoms with Crippen LogP contribution in [0.1, 0.15) is 40.6 Å². The minimum absolute atomic E-state index is 0.0423. The predicted molar refractivity (Wildman–Crippen MR) is 78.2 cm³/mol. The van der Waals surface area contributed by atoms with Crippen molar-refractivity contribution >= 4 is 5.97 Å². The van der Waals surface area contributed by atoms with E-state index < -0.39 is 29.4 Å². The standard InChI is InChI=1S/C16H15F3N2O3/c1-24-15(23)11-12(16(17,18)19)13(9-4-2-6-20-8-9)21-7-3-5-10(22)14(11)21/h2,4,6,8,10,22H,3,5,7H2,1H3. The first-order chi connectivity index (χ1) is 11.4. The van der Waals surface area contributed by atoms with Crippen LogP contribution in [0.2, 0.25) is 0 Å². The normalized spacial score (nSPS) is 17.5. The number of fused-ring (bicyclic) bond motifs is 1. The first kappa shape index (κ1) is 16.5. The molecule has 24 heavy (non-hydrogen) atoms. The molecule has 3 heterocycles. The largest absolute Gasteiger partial charge is 0.465 e. The van der Waals surface area contributed by atoms with Crippen molar-refractivity contribution in [3.8, 4) is 11.3 Å². The zero-order valence-electron chi connectivity index (χ0n) is 12.8. The molecule has 1 aliphatic heterocycles. The third-order valence-electron chi connectivity index (χ3n) is 4.09. The van der Waals surface area contributed by atoms with E-state index in [2.05, 4.69) is 9.72 Å². The van der Waals surface area contributed by atoms with Gasteiger partial charge < -0.3 is 14.4 Å². The molecule has 2 aromatic heterocycles. The summed E-state index contributed by atoms with van der Waals surface area (Å²) in [6.07, 6.45) is -2.38. The lowest BCUT2D eigenvalue weighted by Crippen LogP contribution is -2.19. The number of carbonyl (C=O) groups is 1. The number of esters is 1. The van der Waals surface area contributed by atoms with Gasteiger partial charge in [0, 0.05) is 24.5 Å². The van der Waals surface area contributed by atoms with Gasteiger partial charge in [-0.15, -0.1) is 0 Å². The van der Waals surface area contributed by atoms with E-state index in [-0.39, 0.29) is 29.9 Å². The second-order valence-electron chi connectivity index (χ2n) is 5.52. The molecule has 0 fully saturated rings. The van der Waals surface area contributed by atoms with Crippen molar-refractivity contribution in [1.29, 1.82) is 0 Å². The van der Waals surface area contributed by atoms with E-state index in [4.69, 9.17) is 0 Å². The quantitative estimate of drug-likeness (QED) is 0.853. The topological polar surface area (TPSA) is 64.3 Å². The van der Waals surface area contributed by atoms with Gasteiger partial charge in [0.05, 0.1) is 35.7 Å². The summed E-state index contributed by atoms with van der Waals surface area (Å²) < 4.78 is 47.3. The number of nitrogens with zero attached hydrogens (tertiary/aromatic N) is 2. The van der Waals surface area contributed by atoms with Crippen molar-refractivity contribution in [2.75, 3.05) is 7.11 Å². The molecule has 0 saturated carbocycles. The molecule has 0 spiro atoms. The Labute approximate surface area is 135 Å². The summed E-state index contributed by atoms with van der Waals surface area (Å²) >= 11 is 0. The molecule has 0 saturated heterocycles. The van der Waals surface area contributed by atoms with Crippen molar-refractivity contribution in [2.45, 2.75) is 31.7 Å². The fourth-order valence-corrected chi connectivity index (χ4v) is 3.18. The molecule has 0 radical (unpaired) electrons. The molecule has 0 aromatic carbocycles. The van der Waals surface area contributed by atoms with E-state index in [0.29, 0.717) is 6.42 Å². The van der Waals surface area contributed by atoms with E-state index in [1.807, 2.05) is 0 Å². The lowest BCUT2D eigenvalue weighted by molar-refractivity contribution is -0.137. The number of hydrogen-bond acceptors (Lipinski definition) is 4. The van der Waals surface area contributed by atoms with Gasteiger partial charge in [0.25, 0.3) is 0 Å². The van der Waals surface area contributed by atoms with Crippen LogP contribution in [-0.4, -0.2) is 27.7 Å². The number of methoxy groups -OCH3 is 1. The fraction of sp³-hybridized carbons (Fsp3) is 0.375.